The Morgan fingerprint density at radius 1 is 0.721 bits per heavy atom. The molecule has 0 aromatic heterocycles. The van der Waals surface area contributed by atoms with Gasteiger partial charge in [0.25, 0.3) is 5.91 Å². The van der Waals surface area contributed by atoms with Gasteiger partial charge in [-0.3, -0.25) is 9.59 Å². The zero-order valence-corrected chi connectivity index (χ0v) is 27.7. The van der Waals surface area contributed by atoms with Crippen LogP contribution in [0.4, 0.5) is 0 Å². The van der Waals surface area contributed by atoms with Gasteiger partial charge in [-0.05, 0) is 117 Å². The first-order chi connectivity index (χ1) is 20.5. The molecule has 0 fully saturated rings. The van der Waals surface area contributed by atoms with E-state index >= 15 is 0 Å². The lowest BCUT2D eigenvalue weighted by Crippen LogP contribution is -2.28. The highest BCUT2D eigenvalue weighted by Crippen LogP contribution is 2.26. The topological polar surface area (TPSA) is 84.9 Å². The Morgan fingerprint density at radius 3 is 1.77 bits per heavy atom. The number of aromatic hydroxyl groups is 1. The molecule has 2 N–H and O–H groups in total. The fourth-order valence-corrected chi connectivity index (χ4v) is 4.35. The van der Waals surface area contributed by atoms with Crippen molar-refractivity contribution in [1.82, 2.24) is 5.32 Å². The molecule has 6 nitrogen and oxygen atoms in total. The molecule has 43 heavy (non-hydrogen) atoms. The molecule has 0 heterocycles. The van der Waals surface area contributed by atoms with E-state index in [1.807, 2.05) is 6.92 Å². The summed E-state index contributed by atoms with van der Waals surface area (Å²) >= 11 is 0. The minimum Gasteiger partial charge on any atom is -0.504 e. The third kappa shape index (κ3) is 19.3. The molecule has 1 aromatic carbocycles. The number of phenolic OH excluding ortho intramolecular Hbond substituents is 1. The summed E-state index contributed by atoms with van der Waals surface area (Å²) in [6.07, 6.45) is 21.1. The minimum atomic E-state index is -0.390. The van der Waals surface area contributed by atoms with E-state index in [1.54, 1.807) is 12.1 Å². The summed E-state index contributed by atoms with van der Waals surface area (Å²) in [5.74, 6) is -0.401. The maximum Gasteiger partial charge on any atom is 0.306 e. The second-order valence-corrected chi connectivity index (χ2v) is 11.6. The van der Waals surface area contributed by atoms with Crippen LogP contribution in [0.15, 0.2) is 76.4 Å². The van der Waals surface area contributed by atoms with Gasteiger partial charge in [-0.1, -0.05) is 64.3 Å². The quantitative estimate of drug-likeness (QED) is 0.0894. The first-order valence-electron chi connectivity index (χ1n) is 15.5. The summed E-state index contributed by atoms with van der Waals surface area (Å²) < 4.78 is 10.2. The van der Waals surface area contributed by atoms with Crippen LogP contribution in [0.1, 0.15) is 111 Å². The predicted octanol–water partition coefficient (Wildman–Crippen LogP) is 9.21. The number of hydrogen-bond donors (Lipinski definition) is 2. The van der Waals surface area contributed by atoms with Crippen LogP contribution in [0, 0.1) is 0 Å². The van der Waals surface area contributed by atoms with Crippen LogP contribution in [0.3, 0.4) is 0 Å². The molecule has 1 rings (SSSR count). The number of rotatable bonds is 20. The highest BCUT2D eigenvalue weighted by Gasteiger charge is 2.09. The number of phenols is 1. The molecule has 238 valence electrons. The average molecular weight is 594 g/mol. The van der Waals surface area contributed by atoms with Gasteiger partial charge in [-0.15, -0.1) is 0 Å². The van der Waals surface area contributed by atoms with Gasteiger partial charge < -0.3 is 19.9 Å². The van der Waals surface area contributed by atoms with E-state index in [0.29, 0.717) is 12.2 Å². The van der Waals surface area contributed by atoms with Gasteiger partial charge in [0, 0.05) is 13.0 Å². The number of ether oxygens (including phenoxy) is 2. The van der Waals surface area contributed by atoms with Crippen LogP contribution in [0.5, 0.6) is 11.5 Å². The van der Waals surface area contributed by atoms with E-state index < -0.39 is 0 Å². The number of carbonyl (C=O) groups is 2. The minimum absolute atomic E-state index is 0.0344. The van der Waals surface area contributed by atoms with Crippen molar-refractivity contribution < 1.29 is 24.2 Å². The van der Waals surface area contributed by atoms with E-state index in [2.05, 4.69) is 70.3 Å². The highest BCUT2D eigenvalue weighted by molar-refractivity contribution is 5.80. The zero-order valence-electron chi connectivity index (χ0n) is 27.7. The van der Waals surface area contributed by atoms with Crippen LogP contribution < -0.4 is 10.1 Å². The van der Waals surface area contributed by atoms with Gasteiger partial charge in [0.1, 0.15) is 0 Å². The van der Waals surface area contributed by atoms with E-state index in [9.17, 15) is 14.7 Å². The fraction of sp³-hybridized carbons (Fsp3) is 0.514. The number of nitrogens with one attached hydrogen (secondary N) is 1. The Bertz CT molecular complexity index is 1170. The molecule has 0 aliphatic heterocycles. The second kappa shape index (κ2) is 22.1. The summed E-state index contributed by atoms with van der Waals surface area (Å²) in [5, 5.41) is 12.3. The summed E-state index contributed by atoms with van der Waals surface area (Å²) in [6.45, 7) is 12.9. The van der Waals surface area contributed by atoms with Crippen molar-refractivity contribution in [2.24, 2.45) is 0 Å². The Labute approximate surface area is 260 Å². The molecule has 0 atom stereocenters. The lowest BCUT2D eigenvalue weighted by molar-refractivity contribution is -0.148. The molecule has 1 amide bonds. The zero-order chi connectivity index (χ0) is 32.0. The summed E-state index contributed by atoms with van der Waals surface area (Å²) in [6, 6.07) is 4.83. The molecule has 0 bridgehead atoms. The molecule has 0 aliphatic rings. The molecule has 0 spiro atoms. The van der Waals surface area contributed by atoms with Crippen molar-refractivity contribution in [3.05, 3.63) is 82.0 Å². The normalized spacial score (nSPS) is 12.6. The molecule has 6 heteroatoms. The summed E-state index contributed by atoms with van der Waals surface area (Å²) in [7, 11) is 1.46. The summed E-state index contributed by atoms with van der Waals surface area (Å²) in [5.41, 5.74) is 7.65. The van der Waals surface area contributed by atoms with Gasteiger partial charge in [0.15, 0.2) is 18.1 Å². The third-order valence-corrected chi connectivity index (χ3v) is 7.13. The average Bonchev–Trinajstić information content (AvgIpc) is 2.96. The number of esters is 1. The Hall–Kier alpha value is -3.54. The van der Waals surface area contributed by atoms with E-state index in [0.717, 1.165) is 62.5 Å². The smallest absolute Gasteiger partial charge is 0.306 e. The van der Waals surface area contributed by atoms with E-state index in [1.165, 1.54) is 35.5 Å². The van der Waals surface area contributed by atoms with Gasteiger partial charge in [0.2, 0.25) is 0 Å². The molecule has 0 aliphatic carbocycles. The number of amides is 1. The fourth-order valence-electron chi connectivity index (χ4n) is 4.35. The van der Waals surface area contributed by atoms with Crippen LogP contribution in [0.2, 0.25) is 0 Å². The SMILES string of the molecule is COc1cc(CNC(=O)COC(=O)CC/C(C)=C/CC/C(C)=C/CC/C=C(\C)CC/C=C(\C)CCC=C(C)C)ccc1O. The molecular formula is C37H55NO5. The maximum absolute atomic E-state index is 12.1. The van der Waals surface area contributed by atoms with Crippen LogP contribution in [0.25, 0.3) is 0 Å². The van der Waals surface area contributed by atoms with Crippen LogP contribution in [-0.4, -0.2) is 30.7 Å². The molecule has 1 aromatic rings. The van der Waals surface area contributed by atoms with Crippen LogP contribution in [-0.2, 0) is 20.9 Å². The first-order valence-corrected chi connectivity index (χ1v) is 15.5. The summed E-state index contributed by atoms with van der Waals surface area (Å²) in [4.78, 5) is 24.1. The molecule has 0 saturated carbocycles. The van der Waals surface area contributed by atoms with E-state index in [-0.39, 0.29) is 37.2 Å². The second-order valence-electron chi connectivity index (χ2n) is 11.6. The van der Waals surface area contributed by atoms with Crippen molar-refractivity contribution in [3.8, 4) is 11.5 Å². The highest BCUT2D eigenvalue weighted by atomic mass is 16.5. The molecular weight excluding hydrogens is 538 g/mol. The number of methoxy groups -OCH3 is 1. The lowest BCUT2D eigenvalue weighted by Gasteiger charge is -2.09. The van der Waals surface area contributed by atoms with Crippen LogP contribution >= 0.6 is 0 Å². The monoisotopic (exact) mass is 593 g/mol. The largest absolute Gasteiger partial charge is 0.504 e. The van der Waals surface area contributed by atoms with Crippen molar-refractivity contribution in [2.45, 2.75) is 112 Å². The van der Waals surface area contributed by atoms with Crippen molar-refractivity contribution in [1.29, 1.82) is 0 Å². The van der Waals surface area contributed by atoms with Crippen molar-refractivity contribution in [3.63, 3.8) is 0 Å². The number of benzene rings is 1. The predicted molar refractivity (Wildman–Crippen MR) is 178 cm³/mol. The standard InChI is InChI=1S/C37H55NO5/c1-28(2)13-10-16-31(5)19-11-17-29(3)14-8-9-15-30(4)18-12-20-32(6)21-24-37(41)43-27-36(40)38-26-33-22-23-34(39)35(25-33)42-7/h13-15,19-20,22-23,25,39H,8-12,16-18,21,24,26-27H2,1-7H3,(H,38,40)/b29-14+,30-15+,31-19+,32-20+. The third-order valence-electron chi connectivity index (χ3n) is 7.13. The Balaban J connectivity index is 2.21. The van der Waals surface area contributed by atoms with E-state index in [4.69, 9.17) is 9.47 Å². The van der Waals surface area contributed by atoms with Gasteiger partial charge >= 0.3 is 5.97 Å². The molecule has 0 unspecified atom stereocenters. The Kier molecular flexibility index (Phi) is 19.2. The number of allylic oxidation sites excluding steroid dienone is 10. The number of hydrogen-bond acceptors (Lipinski definition) is 5. The molecule has 0 radical (unpaired) electrons. The number of unbranched alkanes of at least 4 members (excludes halogenated alkanes) is 1. The maximum atomic E-state index is 12.1. The van der Waals surface area contributed by atoms with Crippen molar-refractivity contribution in [2.75, 3.05) is 13.7 Å². The van der Waals surface area contributed by atoms with Gasteiger partial charge in [-0.2, -0.15) is 0 Å². The van der Waals surface area contributed by atoms with Gasteiger partial charge in [0.05, 0.1) is 7.11 Å². The van der Waals surface area contributed by atoms with Gasteiger partial charge in [-0.25, -0.2) is 0 Å². The first kappa shape index (κ1) is 37.5. The number of carbonyl (C=O) groups excluding carboxylic acids is 2. The lowest BCUT2D eigenvalue weighted by atomic mass is 10.0. The van der Waals surface area contributed by atoms with Crippen molar-refractivity contribution >= 4 is 11.9 Å². The molecule has 0 saturated heterocycles. The Morgan fingerprint density at radius 2 is 1.23 bits per heavy atom.